The first kappa shape index (κ1) is 10.2. The summed E-state index contributed by atoms with van der Waals surface area (Å²) in [4.78, 5) is 0. The molecule has 0 bridgehead atoms. The Hall–Kier alpha value is -0.870. The second kappa shape index (κ2) is 4.99. The summed E-state index contributed by atoms with van der Waals surface area (Å²) in [6, 6.07) is 7.80. The number of rotatable bonds is 4. The Morgan fingerprint density at radius 1 is 1.46 bits per heavy atom. The second-order valence-electron chi connectivity index (χ2n) is 2.61. The summed E-state index contributed by atoms with van der Waals surface area (Å²) in [5.41, 5.74) is 6.20. The lowest BCUT2D eigenvalue weighted by Gasteiger charge is -2.04. The van der Waals surface area contributed by atoms with Gasteiger partial charge in [-0.3, -0.25) is 5.41 Å². The van der Waals surface area contributed by atoms with Gasteiger partial charge in [0.15, 0.2) is 0 Å². The molecule has 0 aliphatic rings. The first-order valence-corrected chi connectivity index (χ1v) is 4.63. The van der Waals surface area contributed by atoms with Crippen LogP contribution in [-0.4, -0.2) is 12.4 Å². The zero-order chi connectivity index (χ0) is 9.68. The SMILES string of the molecule is N=C(N)COCc1ccccc1Br. The molecule has 3 nitrogen and oxygen atoms in total. The molecule has 0 aliphatic heterocycles. The van der Waals surface area contributed by atoms with Crippen molar-refractivity contribution in [1.29, 1.82) is 5.41 Å². The molecule has 0 atom stereocenters. The Morgan fingerprint density at radius 3 is 2.77 bits per heavy atom. The van der Waals surface area contributed by atoms with E-state index in [1.54, 1.807) is 0 Å². The highest BCUT2D eigenvalue weighted by molar-refractivity contribution is 9.10. The van der Waals surface area contributed by atoms with Crippen LogP contribution in [0.1, 0.15) is 5.56 Å². The van der Waals surface area contributed by atoms with Gasteiger partial charge in [-0.15, -0.1) is 0 Å². The van der Waals surface area contributed by atoms with Crippen molar-refractivity contribution < 1.29 is 4.74 Å². The van der Waals surface area contributed by atoms with E-state index in [2.05, 4.69) is 15.9 Å². The average molecular weight is 243 g/mol. The fourth-order valence-corrected chi connectivity index (χ4v) is 1.29. The molecule has 0 aromatic heterocycles. The van der Waals surface area contributed by atoms with E-state index in [1.165, 1.54) is 0 Å². The first-order valence-electron chi connectivity index (χ1n) is 3.84. The number of nitrogens with two attached hydrogens (primary N) is 1. The zero-order valence-corrected chi connectivity index (χ0v) is 8.67. The minimum Gasteiger partial charge on any atom is -0.386 e. The summed E-state index contributed by atoms with van der Waals surface area (Å²) in [5.74, 6) is 0.0482. The van der Waals surface area contributed by atoms with E-state index in [9.17, 15) is 0 Å². The molecule has 0 saturated heterocycles. The summed E-state index contributed by atoms with van der Waals surface area (Å²) in [6.45, 7) is 0.655. The maximum atomic E-state index is 6.95. The van der Waals surface area contributed by atoms with Crippen LogP contribution >= 0.6 is 15.9 Å². The largest absolute Gasteiger partial charge is 0.386 e. The highest BCUT2D eigenvalue weighted by atomic mass is 79.9. The number of amidine groups is 1. The third-order valence-electron chi connectivity index (χ3n) is 1.47. The van der Waals surface area contributed by atoms with Gasteiger partial charge in [0, 0.05) is 4.47 Å². The van der Waals surface area contributed by atoms with Crippen LogP contribution in [0.15, 0.2) is 28.7 Å². The van der Waals surface area contributed by atoms with Crippen molar-refractivity contribution in [2.75, 3.05) is 6.61 Å². The minimum absolute atomic E-state index is 0.0482. The minimum atomic E-state index is 0.0482. The molecule has 0 saturated carbocycles. The molecule has 0 spiro atoms. The quantitative estimate of drug-likeness (QED) is 0.626. The third kappa shape index (κ3) is 3.57. The standard InChI is InChI=1S/C9H11BrN2O/c10-8-4-2-1-3-7(8)5-13-6-9(11)12/h1-4H,5-6H2,(H3,11,12). The smallest absolute Gasteiger partial charge is 0.117 e. The van der Waals surface area contributed by atoms with Crippen molar-refractivity contribution in [1.82, 2.24) is 0 Å². The highest BCUT2D eigenvalue weighted by Crippen LogP contribution is 2.16. The number of hydrogen-bond donors (Lipinski definition) is 2. The van der Waals surface area contributed by atoms with E-state index in [-0.39, 0.29) is 12.4 Å². The van der Waals surface area contributed by atoms with Crippen molar-refractivity contribution in [3.63, 3.8) is 0 Å². The molecule has 0 aliphatic carbocycles. The number of nitrogens with one attached hydrogen (secondary N) is 1. The zero-order valence-electron chi connectivity index (χ0n) is 7.09. The Morgan fingerprint density at radius 2 is 2.15 bits per heavy atom. The van der Waals surface area contributed by atoms with Crippen molar-refractivity contribution in [3.8, 4) is 0 Å². The number of benzene rings is 1. The Balaban J connectivity index is 2.45. The fourth-order valence-electron chi connectivity index (χ4n) is 0.886. The molecule has 3 N–H and O–H groups in total. The van der Waals surface area contributed by atoms with E-state index < -0.39 is 0 Å². The summed E-state index contributed by atoms with van der Waals surface area (Å²) in [7, 11) is 0. The molecule has 0 unspecified atom stereocenters. The fraction of sp³-hybridized carbons (Fsp3) is 0.222. The number of hydrogen-bond acceptors (Lipinski definition) is 2. The maximum absolute atomic E-state index is 6.95. The Bertz CT molecular complexity index is 301. The van der Waals surface area contributed by atoms with Crippen molar-refractivity contribution >= 4 is 21.8 Å². The maximum Gasteiger partial charge on any atom is 0.117 e. The molecular weight excluding hydrogens is 232 g/mol. The van der Waals surface area contributed by atoms with Gasteiger partial charge in [-0.25, -0.2) is 0 Å². The molecule has 1 aromatic rings. The third-order valence-corrected chi connectivity index (χ3v) is 2.25. The summed E-state index contributed by atoms with van der Waals surface area (Å²) in [5, 5.41) is 6.95. The van der Waals surface area contributed by atoms with Crippen LogP contribution in [0.2, 0.25) is 0 Å². The second-order valence-corrected chi connectivity index (χ2v) is 3.46. The van der Waals surface area contributed by atoms with Gasteiger partial charge >= 0.3 is 0 Å². The molecule has 1 aromatic carbocycles. The first-order chi connectivity index (χ1) is 6.20. The van der Waals surface area contributed by atoms with Gasteiger partial charge in [-0.1, -0.05) is 34.1 Å². The van der Waals surface area contributed by atoms with Gasteiger partial charge < -0.3 is 10.5 Å². The predicted molar refractivity (Wildman–Crippen MR) is 55.7 cm³/mol. The molecule has 13 heavy (non-hydrogen) atoms. The molecule has 0 amide bonds. The summed E-state index contributed by atoms with van der Waals surface area (Å²) in [6.07, 6.45) is 0. The highest BCUT2D eigenvalue weighted by Gasteiger charge is 1.98. The molecule has 0 radical (unpaired) electrons. The lowest BCUT2D eigenvalue weighted by Crippen LogP contribution is -2.17. The van der Waals surface area contributed by atoms with E-state index in [1.807, 2.05) is 24.3 Å². The van der Waals surface area contributed by atoms with Gasteiger partial charge in [-0.2, -0.15) is 0 Å². The molecule has 0 heterocycles. The Kier molecular flexibility index (Phi) is 3.92. The lowest BCUT2D eigenvalue weighted by atomic mass is 10.2. The molecular formula is C9H11BrN2O. The molecule has 70 valence electrons. The van der Waals surface area contributed by atoms with E-state index >= 15 is 0 Å². The van der Waals surface area contributed by atoms with Crippen LogP contribution in [0.3, 0.4) is 0 Å². The topological polar surface area (TPSA) is 59.1 Å². The van der Waals surface area contributed by atoms with Crippen LogP contribution in [0.4, 0.5) is 0 Å². The van der Waals surface area contributed by atoms with Gasteiger partial charge in [0.2, 0.25) is 0 Å². The van der Waals surface area contributed by atoms with Gasteiger partial charge in [0.1, 0.15) is 12.4 Å². The van der Waals surface area contributed by atoms with Crippen molar-refractivity contribution in [2.24, 2.45) is 5.73 Å². The van der Waals surface area contributed by atoms with Crippen LogP contribution < -0.4 is 5.73 Å². The number of ether oxygens (including phenoxy) is 1. The average Bonchev–Trinajstić information content (AvgIpc) is 2.08. The van der Waals surface area contributed by atoms with Crippen molar-refractivity contribution in [2.45, 2.75) is 6.61 Å². The van der Waals surface area contributed by atoms with Crippen LogP contribution in [0, 0.1) is 5.41 Å². The van der Waals surface area contributed by atoms with E-state index in [0.29, 0.717) is 6.61 Å². The number of halogens is 1. The van der Waals surface area contributed by atoms with Crippen LogP contribution in [0.5, 0.6) is 0 Å². The Labute approximate surface area is 85.5 Å². The van der Waals surface area contributed by atoms with Crippen molar-refractivity contribution in [3.05, 3.63) is 34.3 Å². The molecule has 4 heteroatoms. The normalized spacial score (nSPS) is 9.92. The van der Waals surface area contributed by atoms with Gasteiger partial charge in [0.05, 0.1) is 6.61 Å². The van der Waals surface area contributed by atoms with Gasteiger partial charge in [0.25, 0.3) is 0 Å². The lowest BCUT2D eigenvalue weighted by molar-refractivity contribution is 0.156. The monoisotopic (exact) mass is 242 g/mol. The molecule has 0 fully saturated rings. The van der Waals surface area contributed by atoms with Gasteiger partial charge in [-0.05, 0) is 11.6 Å². The molecule has 1 rings (SSSR count). The predicted octanol–water partition coefficient (Wildman–Crippen LogP) is 1.90. The summed E-state index contributed by atoms with van der Waals surface area (Å²) < 4.78 is 6.19. The van der Waals surface area contributed by atoms with E-state index in [0.717, 1.165) is 10.0 Å². The van der Waals surface area contributed by atoms with Crippen LogP contribution in [0.25, 0.3) is 0 Å². The van der Waals surface area contributed by atoms with Crippen LogP contribution in [-0.2, 0) is 11.3 Å². The summed E-state index contributed by atoms with van der Waals surface area (Å²) >= 11 is 3.40. The van der Waals surface area contributed by atoms with E-state index in [4.69, 9.17) is 15.9 Å².